The van der Waals surface area contributed by atoms with Gasteiger partial charge < -0.3 is 4.90 Å². The van der Waals surface area contributed by atoms with Crippen molar-refractivity contribution in [3.8, 4) is 22.5 Å². The van der Waals surface area contributed by atoms with Gasteiger partial charge in [-0.15, -0.1) is 0 Å². The summed E-state index contributed by atoms with van der Waals surface area (Å²) in [5.74, 6) is 0. The van der Waals surface area contributed by atoms with E-state index in [4.69, 9.17) is 11.6 Å². The molecule has 0 aliphatic rings. The molecule has 0 saturated carbocycles. The second-order valence-corrected chi connectivity index (χ2v) is 5.36. The minimum absolute atomic E-state index is 0.471. The molecule has 0 bridgehead atoms. The Morgan fingerprint density at radius 1 is 1.00 bits per heavy atom. The van der Waals surface area contributed by atoms with Crippen molar-refractivity contribution in [2.75, 3.05) is 19.0 Å². The van der Waals surface area contributed by atoms with Crippen LogP contribution in [0.3, 0.4) is 0 Å². The van der Waals surface area contributed by atoms with Gasteiger partial charge in [-0.3, -0.25) is 5.10 Å². The number of pyridine rings is 1. The van der Waals surface area contributed by atoms with Gasteiger partial charge in [0.1, 0.15) is 5.15 Å². The molecule has 1 N–H and O–H groups in total. The van der Waals surface area contributed by atoms with E-state index < -0.39 is 0 Å². The fourth-order valence-electron chi connectivity index (χ4n) is 2.12. The minimum atomic E-state index is 0.471. The van der Waals surface area contributed by atoms with Crippen LogP contribution >= 0.6 is 11.6 Å². The first-order valence-corrected chi connectivity index (χ1v) is 6.96. The van der Waals surface area contributed by atoms with Gasteiger partial charge >= 0.3 is 0 Å². The highest BCUT2D eigenvalue weighted by Gasteiger charge is 2.07. The Bertz CT molecular complexity index is 747. The smallest absolute Gasteiger partial charge is 0.129 e. The Morgan fingerprint density at radius 2 is 1.76 bits per heavy atom. The number of benzene rings is 1. The third kappa shape index (κ3) is 2.90. The summed E-state index contributed by atoms with van der Waals surface area (Å²) in [6, 6.07) is 14.0. The van der Waals surface area contributed by atoms with Gasteiger partial charge in [0.25, 0.3) is 0 Å². The van der Waals surface area contributed by atoms with Crippen LogP contribution in [-0.4, -0.2) is 29.3 Å². The highest BCUT2D eigenvalue weighted by Crippen LogP contribution is 2.26. The van der Waals surface area contributed by atoms with Gasteiger partial charge in [0.05, 0.1) is 11.4 Å². The van der Waals surface area contributed by atoms with E-state index in [1.54, 1.807) is 6.20 Å². The molecule has 0 aliphatic carbocycles. The quantitative estimate of drug-likeness (QED) is 0.747. The normalized spacial score (nSPS) is 10.6. The summed E-state index contributed by atoms with van der Waals surface area (Å²) in [5, 5.41) is 7.87. The van der Waals surface area contributed by atoms with Crippen LogP contribution in [0.1, 0.15) is 0 Å². The van der Waals surface area contributed by atoms with Gasteiger partial charge in [-0.05, 0) is 30.3 Å². The zero-order valence-corrected chi connectivity index (χ0v) is 12.6. The number of nitrogens with one attached hydrogen (secondary N) is 1. The molecule has 0 radical (unpaired) electrons. The number of aromatic nitrogens is 3. The number of rotatable bonds is 3. The van der Waals surface area contributed by atoms with E-state index in [0.717, 1.165) is 28.2 Å². The lowest BCUT2D eigenvalue weighted by atomic mass is 10.1. The van der Waals surface area contributed by atoms with E-state index in [-0.39, 0.29) is 0 Å². The van der Waals surface area contributed by atoms with Crippen molar-refractivity contribution in [2.45, 2.75) is 0 Å². The van der Waals surface area contributed by atoms with Gasteiger partial charge in [0, 0.05) is 37.1 Å². The Kier molecular flexibility index (Phi) is 3.62. The molecule has 0 atom stereocenters. The lowest BCUT2D eigenvalue weighted by Gasteiger charge is -2.11. The molecule has 0 unspecified atom stereocenters. The number of hydrogen-bond acceptors (Lipinski definition) is 3. The van der Waals surface area contributed by atoms with Crippen LogP contribution in [0.4, 0.5) is 5.69 Å². The third-order valence-electron chi connectivity index (χ3n) is 3.29. The minimum Gasteiger partial charge on any atom is -0.378 e. The van der Waals surface area contributed by atoms with E-state index in [1.165, 1.54) is 0 Å². The van der Waals surface area contributed by atoms with Crippen LogP contribution in [0.25, 0.3) is 22.5 Å². The van der Waals surface area contributed by atoms with Crippen LogP contribution in [0.15, 0.2) is 48.7 Å². The Balaban J connectivity index is 1.91. The molecular formula is C16H15ClN4. The molecule has 0 saturated heterocycles. The monoisotopic (exact) mass is 298 g/mol. The first-order valence-electron chi connectivity index (χ1n) is 6.58. The first kappa shape index (κ1) is 13.6. The number of nitrogens with zero attached hydrogens (tertiary/aromatic N) is 3. The standard InChI is InChI=1S/C16H15ClN4/c1-21(2)13-5-3-11(4-6-13)14-10-15(20-19-14)12-7-8-18-16(17)9-12/h3-10H,1-2H3,(H,19,20). The Labute approximate surface area is 128 Å². The summed E-state index contributed by atoms with van der Waals surface area (Å²) in [7, 11) is 4.05. The second-order valence-electron chi connectivity index (χ2n) is 4.98. The maximum Gasteiger partial charge on any atom is 0.129 e. The summed E-state index contributed by atoms with van der Waals surface area (Å²) < 4.78 is 0. The van der Waals surface area contributed by atoms with Crippen molar-refractivity contribution in [2.24, 2.45) is 0 Å². The van der Waals surface area contributed by atoms with Crippen molar-refractivity contribution in [1.29, 1.82) is 0 Å². The van der Waals surface area contributed by atoms with Gasteiger partial charge in [-0.2, -0.15) is 5.10 Å². The zero-order chi connectivity index (χ0) is 14.8. The average molecular weight is 299 g/mol. The van der Waals surface area contributed by atoms with Crippen molar-refractivity contribution in [3.05, 3.63) is 53.8 Å². The first-order chi connectivity index (χ1) is 10.1. The lowest BCUT2D eigenvalue weighted by molar-refractivity contribution is 1.10. The van der Waals surface area contributed by atoms with Crippen molar-refractivity contribution in [3.63, 3.8) is 0 Å². The SMILES string of the molecule is CN(C)c1ccc(-c2cc(-c3ccnc(Cl)c3)[nH]n2)cc1. The molecule has 3 rings (SSSR count). The molecule has 0 amide bonds. The Morgan fingerprint density at radius 3 is 2.43 bits per heavy atom. The fraction of sp³-hybridized carbons (Fsp3) is 0.125. The molecule has 3 aromatic rings. The predicted molar refractivity (Wildman–Crippen MR) is 86.6 cm³/mol. The van der Waals surface area contributed by atoms with E-state index in [1.807, 2.05) is 32.3 Å². The van der Waals surface area contributed by atoms with Gasteiger partial charge in [0.2, 0.25) is 0 Å². The molecule has 2 aromatic heterocycles. The summed E-state index contributed by atoms with van der Waals surface area (Å²) in [5.41, 5.74) is 5.03. The number of H-pyrrole nitrogens is 1. The van der Waals surface area contributed by atoms with E-state index in [0.29, 0.717) is 5.15 Å². The largest absolute Gasteiger partial charge is 0.378 e. The van der Waals surface area contributed by atoms with Crippen molar-refractivity contribution < 1.29 is 0 Å². The second kappa shape index (κ2) is 5.58. The molecule has 0 spiro atoms. The van der Waals surface area contributed by atoms with Crippen LogP contribution in [0.2, 0.25) is 5.15 Å². The van der Waals surface area contributed by atoms with E-state index in [9.17, 15) is 0 Å². The maximum absolute atomic E-state index is 5.92. The number of anilines is 1. The molecule has 106 valence electrons. The average Bonchev–Trinajstić information content (AvgIpc) is 2.97. The molecule has 0 aliphatic heterocycles. The van der Waals surface area contributed by atoms with Crippen LogP contribution in [0, 0.1) is 0 Å². The van der Waals surface area contributed by atoms with Gasteiger partial charge in [-0.1, -0.05) is 23.7 Å². The maximum atomic E-state index is 5.92. The molecule has 1 aromatic carbocycles. The van der Waals surface area contributed by atoms with Crippen LogP contribution in [0.5, 0.6) is 0 Å². The molecule has 5 heteroatoms. The molecule has 4 nitrogen and oxygen atoms in total. The summed E-state index contributed by atoms with van der Waals surface area (Å²) in [6.45, 7) is 0. The van der Waals surface area contributed by atoms with E-state index in [2.05, 4.69) is 44.3 Å². The van der Waals surface area contributed by atoms with Crippen molar-refractivity contribution >= 4 is 17.3 Å². The predicted octanol–water partition coefficient (Wildman–Crippen LogP) is 3.86. The molecule has 2 heterocycles. The molecular weight excluding hydrogens is 284 g/mol. The summed E-state index contributed by atoms with van der Waals surface area (Å²) in [4.78, 5) is 6.05. The van der Waals surface area contributed by atoms with Crippen LogP contribution < -0.4 is 4.90 Å². The highest BCUT2D eigenvalue weighted by molar-refractivity contribution is 6.29. The van der Waals surface area contributed by atoms with Crippen LogP contribution in [-0.2, 0) is 0 Å². The zero-order valence-electron chi connectivity index (χ0n) is 11.8. The Hall–Kier alpha value is -2.33. The van der Waals surface area contributed by atoms with Gasteiger partial charge in [0.15, 0.2) is 0 Å². The number of hydrogen-bond donors (Lipinski definition) is 1. The van der Waals surface area contributed by atoms with Gasteiger partial charge in [-0.25, -0.2) is 4.98 Å². The molecule has 0 fully saturated rings. The number of aromatic amines is 1. The summed E-state index contributed by atoms with van der Waals surface area (Å²) in [6.07, 6.45) is 1.68. The molecule has 21 heavy (non-hydrogen) atoms. The van der Waals surface area contributed by atoms with E-state index >= 15 is 0 Å². The summed E-state index contributed by atoms with van der Waals surface area (Å²) >= 11 is 5.92. The fourth-order valence-corrected chi connectivity index (χ4v) is 2.29. The lowest BCUT2D eigenvalue weighted by Crippen LogP contribution is -2.07. The topological polar surface area (TPSA) is 44.8 Å². The highest BCUT2D eigenvalue weighted by atomic mass is 35.5. The van der Waals surface area contributed by atoms with Crippen molar-refractivity contribution in [1.82, 2.24) is 15.2 Å². The third-order valence-corrected chi connectivity index (χ3v) is 3.50. The number of halogens is 1.